The minimum atomic E-state index is 0.00601. The zero-order valence-electron chi connectivity index (χ0n) is 14.1. The van der Waals surface area contributed by atoms with Crippen LogP contribution in [0.15, 0.2) is 47.5 Å². The second-order valence-electron chi connectivity index (χ2n) is 6.47. The van der Waals surface area contributed by atoms with Gasteiger partial charge in [-0.15, -0.1) is 0 Å². The predicted molar refractivity (Wildman–Crippen MR) is 96.2 cm³/mol. The minimum absolute atomic E-state index is 0.00601. The summed E-state index contributed by atoms with van der Waals surface area (Å²) in [6.45, 7) is 5.39. The summed E-state index contributed by atoms with van der Waals surface area (Å²) in [5.41, 5.74) is 1.63. The number of hydrogen-bond donors (Lipinski definition) is 0. The molecule has 124 valence electrons. The van der Waals surface area contributed by atoms with Crippen molar-refractivity contribution in [3.05, 3.63) is 53.1 Å². The molecular formula is C19H22N4O. The van der Waals surface area contributed by atoms with Crippen LogP contribution in [0.4, 0.5) is 0 Å². The smallest absolute Gasteiger partial charge is 0.261 e. The van der Waals surface area contributed by atoms with Gasteiger partial charge in [-0.1, -0.05) is 25.1 Å². The highest BCUT2D eigenvalue weighted by molar-refractivity contribution is 5.83. The summed E-state index contributed by atoms with van der Waals surface area (Å²) in [6, 6.07) is 10.3. The third kappa shape index (κ3) is 2.36. The molecule has 0 spiro atoms. The first-order valence-corrected chi connectivity index (χ1v) is 8.53. The van der Waals surface area contributed by atoms with Crippen molar-refractivity contribution in [2.45, 2.75) is 19.4 Å². The summed E-state index contributed by atoms with van der Waals surface area (Å²) in [5, 5.41) is 1.06. The number of fused-ring (bicyclic) bond motifs is 1. The van der Waals surface area contributed by atoms with Crippen molar-refractivity contribution in [1.82, 2.24) is 19.0 Å². The molecule has 4 rings (SSSR count). The molecule has 3 aromatic rings. The number of rotatable bonds is 3. The van der Waals surface area contributed by atoms with Gasteiger partial charge in [-0.2, -0.15) is 0 Å². The average molecular weight is 322 g/mol. The molecule has 1 unspecified atom stereocenters. The van der Waals surface area contributed by atoms with Crippen LogP contribution in [-0.4, -0.2) is 38.7 Å². The topological polar surface area (TPSA) is 43.1 Å². The molecular weight excluding hydrogens is 300 g/mol. The van der Waals surface area contributed by atoms with Crippen LogP contribution in [0.5, 0.6) is 0 Å². The fourth-order valence-corrected chi connectivity index (χ4v) is 3.73. The first-order chi connectivity index (χ1) is 11.7. The highest BCUT2D eigenvalue weighted by Gasteiger charge is 2.25. The highest BCUT2D eigenvalue weighted by Crippen LogP contribution is 2.27. The molecule has 2 aromatic heterocycles. The highest BCUT2D eigenvalue weighted by atomic mass is 16.1. The average Bonchev–Trinajstić information content (AvgIpc) is 3.26. The summed E-state index contributed by atoms with van der Waals surface area (Å²) in [7, 11) is 1.83. The van der Waals surface area contributed by atoms with Gasteiger partial charge in [-0.05, 0) is 30.5 Å². The lowest BCUT2D eigenvalue weighted by Gasteiger charge is -2.17. The van der Waals surface area contributed by atoms with Crippen LogP contribution in [0.1, 0.15) is 19.4 Å². The molecule has 5 heteroatoms. The van der Waals surface area contributed by atoms with Gasteiger partial charge in [0.05, 0.1) is 11.1 Å². The van der Waals surface area contributed by atoms with Crippen LogP contribution in [0.2, 0.25) is 0 Å². The van der Waals surface area contributed by atoms with E-state index in [1.165, 1.54) is 0 Å². The van der Waals surface area contributed by atoms with Crippen LogP contribution in [-0.2, 0) is 7.05 Å². The fraction of sp³-hybridized carbons (Fsp3) is 0.368. The third-order valence-electron chi connectivity index (χ3n) is 5.13. The van der Waals surface area contributed by atoms with Crippen molar-refractivity contribution < 1.29 is 0 Å². The number of likely N-dealkylation sites (tertiary alicyclic amines) is 1. The zero-order valence-corrected chi connectivity index (χ0v) is 14.1. The Labute approximate surface area is 141 Å². The number of aromatic nitrogens is 3. The Bertz CT molecular complexity index is 940. The monoisotopic (exact) mass is 322 g/mol. The van der Waals surface area contributed by atoms with E-state index in [1.807, 2.05) is 43.6 Å². The minimum Gasteiger partial charge on any atom is -0.326 e. The SMILES string of the molecule is CCN1CCC(n2ccnc2-c2cc3ccccc3n(C)c2=O)C1. The summed E-state index contributed by atoms with van der Waals surface area (Å²) in [5.74, 6) is 0.782. The number of benzene rings is 1. The van der Waals surface area contributed by atoms with Crippen molar-refractivity contribution in [2.75, 3.05) is 19.6 Å². The molecule has 1 saturated heterocycles. The number of imidazole rings is 1. The summed E-state index contributed by atoms with van der Waals surface area (Å²) in [6.07, 6.45) is 4.91. The van der Waals surface area contributed by atoms with Crippen LogP contribution in [0.25, 0.3) is 22.3 Å². The molecule has 24 heavy (non-hydrogen) atoms. The van der Waals surface area contributed by atoms with Crippen LogP contribution in [0.3, 0.4) is 0 Å². The van der Waals surface area contributed by atoms with Gasteiger partial charge < -0.3 is 14.0 Å². The van der Waals surface area contributed by atoms with Gasteiger partial charge in [0.15, 0.2) is 0 Å². The summed E-state index contributed by atoms with van der Waals surface area (Å²) < 4.78 is 3.90. The molecule has 5 nitrogen and oxygen atoms in total. The van der Waals surface area contributed by atoms with Gasteiger partial charge in [0, 0.05) is 38.6 Å². The van der Waals surface area contributed by atoms with Gasteiger partial charge in [0.1, 0.15) is 5.82 Å². The lowest BCUT2D eigenvalue weighted by molar-refractivity contribution is 0.342. The van der Waals surface area contributed by atoms with E-state index in [9.17, 15) is 4.79 Å². The quantitative estimate of drug-likeness (QED) is 0.744. The zero-order chi connectivity index (χ0) is 16.7. The van der Waals surface area contributed by atoms with Gasteiger partial charge in [0.25, 0.3) is 5.56 Å². The Kier molecular flexibility index (Phi) is 3.73. The molecule has 1 aliphatic heterocycles. The molecule has 3 heterocycles. The van der Waals surface area contributed by atoms with Crippen LogP contribution in [0, 0.1) is 0 Å². The second-order valence-corrected chi connectivity index (χ2v) is 6.47. The van der Waals surface area contributed by atoms with Crippen molar-refractivity contribution in [1.29, 1.82) is 0 Å². The first-order valence-electron chi connectivity index (χ1n) is 8.53. The maximum atomic E-state index is 12.9. The molecule has 1 aliphatic rings. The Hall–Kier alpha value is -2.40. The van der Waals surface area contributed by atoms with E-state index < -0.39 is 0 Å². The number of likely N-dealkylation sites (N-methyl/N-ethyl adjacent to an activating group) is 1. The van der Waals surface area contributed by atoms with Gasteiger partial charge in [0.2, 0.25) is 0 Å². The number of pyridine rings is 1. The van der Waals surface area contributed by atoms with Crippen LogP contribution >= 0.6 is 0 Å². The first kappa shape index (κ1) is 15.1. The summed E-state index contributed by atoms with van der Waals surface area (Å²) >= 11 is 0. The largest absolute Gasteiger partial charge is 0.326 e. The van der Waals surface area contributed by atoms with E-state index in [1.54, 1.807) is 10.8 Å². The van der Waals surface area contributed by atoms with Gasteiger partial charge >= 0.3 is 0 Å². The lowest BCUT2D eigenvalue weighted by atomic mass is 10.1. The molecule has 0 aliphatic carbocycles. The second kappa shape index (κ2) is 5.91. The van der Waals surface area contributed by atoms with Gasteiger partial charge in [-0.25, -0.2) is 4.98 Å². The Morgan fingerprint density at radius 2 is 2.12 bits per heavy atom. The standard InChI is InChI=1S/C19H22N4O/c1-3-22-10-8-15(13-22)23-11-9-20-18(23)16-12-14-6-4-5-7-17(14)21(2)19(16)24/h4-7,9,11-12,15H,3,8,10,13H2,1-2H3. The normalized spacial score (nSPS) is 18.5. The van der Waals surface area contributed by atoms with E-state index in [0.717, 1.165) is 42.8 Å². The third-order valence-corrected chi connectivity index (χ3v) is 5.13. The van der Waals surface area contributed by atoms with Gasteiger partial charge in [-0.3, -0.25) is 4.79 Å². The van der Waals surface area contributed by atoms with Crippen molar-refractivity contribution in [2.24, 2.45) is 7.05 Å². The van der Waals surface area contributed by atoms with E-state index in [0.29, 0.717) is 11.6 Å². The Morgan fingerprint density at radius 1 is 1.29 bits per heavy atom. The predicted octanol–water partition coefficient (Wildman–Crippen LogP) is 2.67. The van der Waals surface area contributed by atoms with E-state index in [4.69, 9.17) is 0 Å². The van der Waals surface area contributed by atoms with E-state index >= 15 is 0 Å². The molecule has 0 bridgehead atoms. The van der Waals surface area contributed by atoms with Crippen molar-refractivity contribution >= 4 is 10.9 Å². The molecule has 1 atom stereocenters. The molecule has 0 saturated carbocycles. The van der Waals surface area contributed by atoms with E-state index in [-0.39, 0.29) is 5.56 Å². The Balaban J connectivity index is 1.84. The maximum Gasteiger partial charge on any atom is 0.261 e. The van der Waals surface area contributed by atoms with E-state index in [2.05, 4.69) is 21.4 Å². The number of hydrogen-bond acceptors (Lipinski definition) is 3. The van der Waals surface area contributed by atoms with Crippen molar-refractivity contribution in [3.63, 3.8) is 0 Å². The summed E-state index contributed by atoms with van der Waals surface area (Å²) in [4.78, 5) is 19.8. The molecule has 1 fully saturated rings. The molecule has 0 N–H and O–H groups in total. The molecule has 0 amide bonds. The number of para-hydroxylation sites is 1. The van der Waals surface area contributed by atoms with Crippen molar-refractivity contribution in [3.8, 4) is 11.4 Å². The lowest BCUT2D eigenvalue weighted by Crippen LogP contribution is -2.23. The fourth-order valence-electron chi connectivity index (χ4n) is 3.73. The number of aryl methyl sites for hydroxylation is 1. The molecule has 0 radical (unpaired) electrons. The molecule has 1 aromatic carbocycles. The number of nitrogens with zero attached hydrogens (tertiary/aromatic N) is 4. The van der Waals surface area contributed by atoms with Crippen LogP contribution < -0.4 is 5.56 Å². The maximum absolute atomic E-state index is 12.9. The Morgan fingerprint density at radius 3 is 2.92 bits per heavy atom.